The van der Waals surface area contributed by atoms with Crippen LogP contribution in [0.5, 0.6) is 0 Å². The first kappa shape index (κ1) is 16.8. The van der Waals surface area contributed by atoms with Crippen LogP contribution in [0.15, 0.2) is 30.3 Å². The van der Waals surface area contributed by atoms with E-state index < -0.39 is 5.60 Å². The summed E-state index contributed by atoms with van der Waals surface area (Å²) in [6.45, 7) is 10.6. The van der Waals surface area contributed by atoms with Gasteiger partial charge in [0.05, 0.1) is 5.54 Å². The normalized spacial score (nSPS) is 22.5. The second-order valence-corrected chi connectivity index (χ2v) is 7.21. The third kappa shape index (κ3) is 4.73. The molecule has 1 heterocycles. The Kier molecular flexibility index (Phi) is 5.12. The molecule has 1 saturated heterocycles. The van der Waals surface area contributed by atoms with E-state index in [2.05, 4.69) is 41.4 Å². The van der Waals surface area contributed by atoms with E-state index in [1.165, 1.54) is 5.56 Å². The molecule has 1 atom stereocenters. The van der Waals surface area contributed by atoms with Crippen LogP contribution in [-0.4, -0.2) is 35.2 Å². The van der Waals surface area contributed by atoms with Gasteiger partial charge < -0.3 is 10.1 Å². The SMILES string of the molecule is CCC1(NC(=O)OC(C)(C)C)CCN(Cc2ccccc2)C1. The van der Waals surface area contributed by atoms with Crippen molar-refractivity contribution in [3.05, 3.63) is 35.9 Å². The summed E-state index contributed by atoms with van der Waals surface area (Å²) < 4.78 is 5.41. The quantitative estimate of drug-likeness (QED) is 0.924. The Balaban J connectivity index is 1.93. The van der Waals surface area contributed by atoms with Crippen LogP contribution < -0.4 is 5.32 Å². The highest BCUT2D eigenvalue weighted by Gasteiger charge is 2.38. The average molecular weight is 304 g/mol. The first-order chi connectivity index (χ1) is 10.3. The van der Waals surface area contributed by atoms with E-state index in [1.807, 2.05) is 26.8 Å². The molecule has 0 aromatic heterocycles. The van der Waals surface area contributed by atoms with Gasteiger partial charge in [0.1, 0.15) is 5.60 Å². The van der Waals surface area contributed by atoms with Crippen LogP contribution in [0.2, 0.25) is 0 Å². The van der Waals surface area contributed by atoms with Gasteiger partial charge in [0.15, 0.2) is 0 Å². The number of carbonyl (C=O) groups is 1. The fourth-order valence-electron chi connectivity index (χ4n) is 2.93. The molecule has 4 nitrogen and oxygen atoms in total. The maximum atomic E-state index is 12.1. The molecule has 0 spiro atoms. The number of nitrogens with one attached hydrogen (secondary N) is 1. The van der Waals surface area contributed by atoms with Crippen molar-refractivity contribution in [2.75, 3.05) is 13.1 Å². The Labute approximate surface area is 133 Å². The van der Waals surface area contributed by atoms with Crippen molar-refractivity contribution >= 4 is 6.09 Å². The lowest BCUT2D eigenvalue weighted by atomic mass is 9.95. The van der Waals surface area contributed by atoms with E-state index in [-0.39, 0.29) is 11.6 Å². The summed E-state index contributed by atoms with van der Waals surface area (Å²) in [7, 11) is 0. The molecule has 1 fully saturated rings. The molecule has 0 bridgehead atoms. The number of alkyl carbamates (subject to hydrolysis) is 1. The molecule has 1 unspecified atom stereocenters. The van der Waals surface area contributed by atoms with Gasteiger partial charge in [-0.05, 0) is 39.2 Å². The second-order valence-electron chi connectivity index (χ2n) is 7.21. The monoisotopic (exact) mass is 304 g/mol. The molecule has 1 amide bonds. The predicted molar refractivity (Wildman–Crippen MR) is 88.7 cm³/mol. The molecular formula is C18H28N2O2. The summed E-state index contributed by atoms with van der Waals surface area (Å²) in [5, 5.41) is 3.11. The van der Waals surface area contributed by atoms with E-state index in [4.69, 9.17) is 4.74 Å². The van der Waals surface area contributed by atoms with Crippen molar-refractivity contribution in [2.45, 2.75) is 58.2 Å². The Morgan fingerprint density at radius 1 is 1.32 bits per heavy atom. The zero-order chi connectivity index (χ0) is 16.2. The predicted octanol–water partition coefficient (Wildman–Crippen LogP) is 3.57. The molecule has 1 aromatic rings. The fraction of sp³-hybridized carbons (Fsp3) is 0.611. The van der Waals surface area contributed by atoms with Crippen molar-refractivity contribution in [2.24, 2.45) is 0 Å². The van der Waals surface area contributed by atoms with Crippen LogP contribution in [0.25, 0.3) is 0 Å². The van der Waals surface area contributed by atoms with Crippen molar-refractivity contribution < 1.29 is 9.53 Å². The molecule has 0 aliphatic carbocycles. The minimum absolute atomic E-state index is 0.170. The highest BCUT2D eigenvalue weighted by molar-refractivity contribution is 5.69. The third-order valence-electron chi connectivity index (χ3n) is 4.12. The van der Waals surface area contributed by atoms with Gasteiger partial charge in [-0.2, -0.15) is 0 Å². The standard InChI is InChI=1S/C18H28N2O2/c1-5-18(19-16(21)22-17(2,3)4)11-12-20(14-18)13-15-9-7-6-8-10-15/h6-10H,5,11-14H2,1-4H3,(H,19,21). The number of benzene rings is 1. The Morgan fingerprint density at radius 2 is 2.00 bits per heavy atom. The Hall–Kier alpha value is -1.55. The summed E-state index contributed by atoms with van der Waals surface area (Å²) in [6.07, 6.45) is 1.57. The smallest absolute Gasteiger partial charge is 0.408 e. The number of amides is 1. The van der Waals surface area contributed by atoms with Crippen molar-refractivity contribution in [3.8, 4) is 0 Å². The molecule has 1 N–H and O–H groups in total. The summed E-state index contributed by atoms with van der Waals surface area (Å²) in [5.41, 5.74) is 0.685. The molecular weight excluding hydrogens is 276 g/mol. The van der Waals surface area contributed by atoms with E-state index in [1.54, 1.807) is 0 Å². The number of rotatable bonds is 4. The van der Waals surface area contributed by atoms with Crippen LogP contribution in [0, 0.1) is 0 Å². The highest BCUT2D eigenvalue weighted by atomic mass is 16.6. The Morgan fingerprint density at radius 3 is 2.59 bits per heavy atom. The molecule has 22 heavy (non-hydrogen) atoms. The van der Waals surface area contributed by atoms with Gasteiger partial charge >= 0.3 is 6.09 Å². The molecule has 4 heteroatoms. The Bertz CT molecular complexity index is 496. The largest absolute Gasteiger partial charge is 0.444 e. The third-order valence-corrected chi connectivity index (χ3v) is 4.12. The maximum absolute atomic E-state index is 12.1. The number of hydrogen-bond acceptors (Lipinski definition) is 3. The number of ether oxygens (including phenoxy) is 1. The number of nitrogens with zero attached hydrogens (tertiary/aromatic N) is 1. The summed E-state index contributed by atoms with van der Waals surface area (Å²) in [4.78, 5) is 14.5. The number of hydrogen-bond donors (Lipinski definition) is 1. The van der Waals surface area contributed by atoms with Crippen LogP contribution >= 0.6 is 0 Å². The zero-order valence-electron chi connectivity index (χ0n) is 14.2. The van der Waals surface area contributed by atoms with E-state index in [0.29, 0.717) is 0 Å². The summed E-state index contributed by atoms with van der Waals surface area (Å²) in [6, 6.07) is 10.5. The van der Waals surface area contributed by atoms with Gasteiger partial charge in [-0.25, -0.2) is 4.79 Å². The van der Waals surface area contributed by atoms with Gasteiger partial charge in [0.2, 0.25) is 0 Å². The van der Waals surface area contributed by atoms with Gasteiger partial charge in [-0.1, -0.05) is 37.3 Å². The van der Waals surface area contributed by atoms with Gasteiger partial charge in [0, 0.05) is 19.6 Å². The summed E-state index contributed by atoms with van der Waals surface area (Å²) in [5.74, 6) is 0. The van der Waals surface area contributed by atoms with E-state index in [0.717, 1.165) is 32.5 Å². The van der Waals surface area contributed by atoms with E-state index in [9.17, 15) is 4.79 Å². The van der Waals surface area contributed by atoms with Gasteiger partial charge in [0.25, 0.3) is 0 Å². The van der Waals surface area contributed by atoms with Crippen molar-refractivity contribution in [1.29, 1.82) is 0 Å². The lowest BCUT2D eigenvalue weighted by Gasteiger charge is -2.31. The minimum Gasteiger partial charge on any atom is -0.444 e. The van der Waals surface area contributed by atoms with Gasteiger partial charge in [-0.3, -0.25) is 4.90 Å². The molecule has 1 aliphatic rings. The minimum atomic E-state index is -0.457. The maximum Gasteiger partial charge on any atom is 0.408 e. The fourth-order valence-corrected chi connectivity index (χ4v) is 2.93. The van der Waals surface area contributed by atoms with Crippen molar-refractivity contribution in [3.63, 3.8) is 0 Å². The summed E-state index contributed by atoms with van der Waals surface area (Å²) >= 11 is 0. The average Bonchev–Trinajstić information content (AvgIpc) is 2.81. The number of likely N-dealkylation sites (tertiary alicyclic amines) is 1. The number of carbonyl (C=O) groups excluding carboxylic acids is 1. The van der Waals surface area contributed by atoms with Crippen LogP contribution in [0.1, 0.15) is 46.1 Å². The van der Waals surface area contributed by atoms with Crippen molar-refractivity contribution in [1.82, 2.24) is 10.2 Å². The highest BCUT2D eigenvalue weighted by Crippen LogP contribution is 2.26. The molecule has 2 rings (SSSR count). The second kappa shape index (κ2) is 6.69. The lowest BCUT2D eigenvalue weighted by Crippen LogP contribution is -2.51. The topological polar surface area (TPSA) is 41.6 Å². The molecule has 1 aromatic carbocycles. The molecule has 0 radical (unpaired) electrons. The molecule has 0 saturated carbocycles. The zero-order valence-corrected chi connectivity index (χ0v) is 14.2. The molecule has 122 valence electrons. The van der Waals surface area contributed by atoms with Crippen LogP contribution in [0.3, 0.4) is 0 Å². The van der Waals surface area contributed by atoms with Crippen LogP contribution in [-0.2, 0) is 11.3 Å². The van der Waals surface area contributed by atoms with Gasteiger partial charge in [-0.15, -0.1) is 0 Å². The van der Waals surface area contributed by atoms with Crippen LogP contribution in [0.4, 0.5) is 4.79 Å². The lowest BCUT2D eigenvalue weighted by molar-refractivity contribution is 0.0454. The first-order valence-corrected chi connectivity index (χ1v) is 8.09. The first-order valence-electron chi connectivity index (χ1n) is 8.09. The molecule has 1 aliphatic heterocycles. The van der Waals surface area contributed by atoms with E-state index >= 15 is 0 Å².